The van der Waals surface area contributed by atoms with Crippen molar-refractivity contribution in [3.63, 3.8) is 0 Å². The lowest BCUT2D eigenvalue weighted by Gasteiger charge is -2.08. The Morgan fingerprint density at radius 2 is 2.25 bits per heavy atom. The fraction of sp³-hybridized carbons (Fsp3) is 0.250. The first-order valence-corrected chi connectivity index (χ1v) is 6.26. The van der Waals surface area contributed by atoms with Crippen molar-refractivity contribution in [3.8, 4) is 0 Å². The molecule has 0 fully saturated rings. The topological polar surface area (TPSA) is 26.0 Å². The van der Waals surface area contributed by atoms with Gasteiger partial charge in [0, 0.05) is 18.3 Å². The summed E-state index contributed by atoms with van der Waals surface area (Å²) in [5, 5.41) is 0.414. The SMILES string of the molecule is Cc1cccnc1CC(Br)c1ccc(Cl)o1. The lowest BCUT2D eigenvalue weighted by molar-refractivity contribution is 0.507. The van der Waals surface area contributed by atoms with Crippen LogP contribution in [0.1, 0.15) is 21.8 Å². The van der Waals surface area contributed by atoms with Gasteiger partial charge in [-0.3, -0.25) is 4.98 Å². The van der Waals surface area contributed by atoms with Gasteiger partial charge in [0.05, 0.1) is 4.83 Å². The van der Waals surface area contributed by atoms with E-state index in [2.05, 4.69) is 33.9 Å². The minimum Gasteiger partial charge on any atom is -0.449 e. The van der Waals surface area contributed by atoms with Gasteiger partial charge in [0.15, 0.2) is 5.22 Å². The molecule has 0 N–H and O–H groups in total. The first-order valence-electron chi connectivity index (χ1n) is 4.96. The van der Waals surface area contributed by atoms with Crippen LogP contribution in [0, 0.1) is 6.92 Å². The number of furan rings is 1. The van der Waals surface area contributed by atoms with Crippen LogP contribution in [0.5, 0.6) is 0 Å². The average Bonchev–Trinajstić information content (AvgIpc) is 2.68. The van der Waals surface area contributed by atoms with Crippen LogP contribution < -0.4 is 0 Å². The lowest BCUT2D eigenvalue weighted by atomic mass is 10.1. The summed E-state index contributed by atoms with van der Waals surface area (Å²) >= 11 is 9.31. The van der Waals surface area contributed by atoms with Crippen LogP contribution in [0.3, 0.4) is 0 Å². The fourth-order valence-corrected chi connectivity index (χ4v) is 2.20. The Bertz CT molecular complexity index is 483. The third-order valence-electron chi connectivity index (χ3n) is 2.39. The first-order chi connectivity index (χ1) is 7.66. The number of pyridine rings is 1. The molecule has 2 nitrogen and oxygen atoms in total. The normalized spacial score (nSPS) is 12.7. The summed E-state index contributed by atoms with van der Waals surface area (Å²) in [5.74, 6) is 0.829. The van der Waals surface area contributed by atoms with Crippen molar-refractivity contribution in [2.75, 3.05) is 0 Å². The zero-order chi connectivity index (χ0) is 11.5. The van der Waals surface area contributed by atoms with Crippen LogP contribution in [0.15, 0.2) is 34.9 Å². The molecule has 2 heterocycles. The summed E-state index contributed by atoms with van der Waals surface area (Å²) in [6.45, 7) is 2.05. The van der Waals surface area contributed by atoms with Crippen LogP contribution in [-0.4, -0.2) is 4.98 Å². The summed E-state index contributed by atoms with van der Waals surface area (Å²) in [5.41, 5.74) is 2.25. The molecule has 84 valence electrons. The van der Waals surface area contributed by atoms with E-state index in [0.717, 1.165) is 17.9 Å². The van der Waals surface area contributed by atoms with Crippen LogP contribution >= 0.6 is 27.5 Å². The molecule has 0 radical (unpaired) electrons. The molecule has 2 aromatic rings. The van der Waals surface area contributed by atoms with Gasteiger partial charge in [-0.15, -0.1) is 0 Å². The second-order valence-corrected chi connectivity index (χ2v) is 5.06. The average molecular weight is 301 g/mol. The monoisotopic (exact) mass is 299 g/mol. The predicted octanol–water partition coefficient (Wildman–Crippen LogP) is 4.32. The molecule has 2 rings (SSSR count). The van der Waals surface area contributed by atoms with E-state index in [-0.39, 0.29) is 4.83 Å². The number of nitrogens with zero attached hydrogens (tertiary/aromatic N) is 1. The Hall–Kier alpha value is -0.800. The highest BCUT2D eigenvalue weighted by atomic mass is 79.9. The van der Waals surface area contributed by atoms with Crippen molar-refractivity contribution in [3.05, 3.63) is 52.7 Å². The number of hydrogen-bond acceptors (Lipinski definition) is 2. The standard InChI is InChI=1S/C12H11BrClNO/c1-8-3-2-6-15-10(8)7-9(13)11-4-5-12(14)16-11/h2-6,9H,7H2,1H3. The Labute approximate surface area is 108 Å². The minimum absolute atomic E-state index is 0.105. The molecule has 0 aliphatic heterocycles. The predicted molar refractivity (Wildman–Crippen MR) is 68.1 cm³/mol. The number of hydrogen-bond donors (Lipinski definition) is 0. The first kappa shape index (κ1) is 11.7. The van der Waals surface area contributed by atoms with Crippen molar-refractivity contribution in [1.82, 2.24) is 4.98 Å². The van der Waals surface area contributed by atoms with E-state index in [1.165, 1.54) is 5.56 Å². The van der Waals surface area contributed by atoms with Crippen LogP contribution in [-0.2, 0) is 6.42 Å². The van der Waals surface area contributed by atoms with Crippen molar-refractivity contribution in [2.24, 2.45) is 0 Å². The van der Waals surface area contributed by atoms with Crippen LogP contribution in [0.2, 0.25) is 5.22 Å². The van der Waals surface area contributed by atoms with Crippen molar-refractivity contribution in [1.29, 1.82) is 0 Å². The summed E-state index contributed by atoms with van der Waals surface area (Å²) in [7, 11) is 0. The Kier molecular flexibility index (Phi) is 3.66. The Morgan fingerprint density at radius 3 is 2.88 bits per heavy atom. The van der Waals surface area contributed by atoms with Gasteiger partial charge in [-0.2, -0.15) is 0 Å². The second kappa shape index (κ2) is 5.02. The summed E-state index contributed by atoms with van der Waals surface area (Å²) in [4.78, 5) is 4.45. The molecule has 0 aliphatic rings. The van der Waals surface area contributed by atoms with Gasteiger partial charge in [-0.05, 0) is 42.3 Å². The number of aryl methyl sites for hydroxylation is 1. The fourth-order valence-electron chi connectivity index (χ4n) is 1.50. The van der Waals surface area contributed by atoms with Gasteiger partial charge >= 0.3 is 0 Å². The van der Waals surface area contributed by atoms with Gasteiger partial charge in [0.1, 0.15) is 5.76 Å². The molecular formula is C12H11BrClNO. The van der Waals surface area contributed by atoms with Gasteiger partial charge in [-0.1, -0.05) is 22.0 Å². The van der Waals surface area contributed by atoms with E-state index in [1.807, 2.05) is 12.1 Å². The molecule has 0 saturated carbocycles. The van der Waals surface area contributed by atoms with Crippen molar-refractivity contribution in [2.45, 2.75) is 18.2 Å². The maximum absolute atomic E-state index is 5.74. The maximum Gasteiger partial charge on any atom is 0.193 e. The van der Waals surface area contributed by atoms with E-state index in [1.54, 1.807) is 12.3 Å². The van der Waals surface area contributed by atoms with Crippen LogP contribution in [0.25, 0.3) is 0 Å². The zero-order valence-corrected chi connectivity index (χ0v) is 11.1. The number of rotatable bonds is 3. The Balaban J connectivity index is 2.13. The molecule has 1 atom stereocenters. The van der Waals surface area contributed by atoms with Gasteiger partial charge in [0.2, 0.25) is 0 Å². The zero-order valence-electron chi connectivity index (χ0n) is 8.78. The molecule has 0 spiro atoms. The molecule has 0 amide bonds. The number of halogens is 2. The van der Waals surface area contributed by atoms with Crippen molar-refractivity contribution < 1.29 is 4.42 Å². The molecule has 4 heteroatoms. The molecule has 0 aromatic carbocycles. The number of alkyl halides is 1. The minimum atomic E-state index is 0.105. The molecular weight excluding hydrogens is 289 g/mol. The molecule has 0 bridgehead atoms. The summed E-state index contributed by atoms with van der Waals surface area (Å²) in [6.07, 6.45) is 2.59. The van der Waals surface area contributed by atoms with E-state index in [4.69, 9.17) is 16.0 Å². The summed E-state index contributed by atoms with van der Waals surface area (Å²) < 4.78 is 5.35. The second-order valence-electron chi connectivity index (χ2n) is 3.58. The highest BCUT2D eigenvalue weighted by Gasteiger charge is 2.14. The van der Waals surface area contributed by atoms with Gasteiger partial charge < -0.3 is 4.42 Å². The third-order valence-corrected chi connectivity index (χ3v) is 3.37. The van der Waals surface area contributed by atoms with E-state index in [9.17, 15) is 0 Å². The Morgan fingerprint density at radius 1 is 1.44 bits per heavy atom. The van der Waals surface area contributed by atoms with Gasteiger partial charge in [0.25, 0.3) is 0 Å². The maximum atomic E-state index is 5.74. The smallest absolute Gasteiger partial charge is 0.193 e. The molecule has 16 heavy (non-hydrogen) atoms. The largest absolute Gasteiger partial charge is 0.449 e. The molecule has 0 saturated heterocycles. The highest BCUT2D eigenvalue weighted by Crippen LogP contribution is 2.30. The lowest BCUT2D eigenvalue weighted by Crippen LogP contribution is -1.98. The highest BCUT2D eigenvalue weighted by molar-refractivity contribution is 9.09. The molecule has 1 unspecified atom stereocenters. The third kappa shape index (κ3) is 2.66. The van der Waals surface area contributed by atoms with E-state index < -0.39 is 0 Å². The van der Waals surface area contributed by atoms with Gasteiger partial charge in [-0.25, -0.2) is 0 Å². The van der Waals surface area contributed by atoms with Crippen molar-refractivity contribution >= 4 is 27.5 Å². The molecule has 0 aliphatic carbocycles. The van der Waals surface area contributed by atoms with E-state index >= 15 is 0 Å². The van der Waals surface area contributed by atoms with Crippen LogP contribution in [0.4, 0.5) is 0 Å². The summed E-state index contributed by atoms with van der Waals surface area (Å²) in [6, 6.07) is 7.61. The molecule has 2 aromatic heterocycles. The van der Waals surface area contributed by atoms with E-state index in [0.29, 0.717) is 5.22 Å². The quantitative estimate of drug-likeness (QED) is 0.789. The number of aromatic nitrogens is 1.